The number of rotatable bonds is 4. The number of amides is 3. The van der Waals surface area contributed by atoms with Crippen LogP contribution in [0.4, 0.5) is 0 Å². The standard InChI is InChI=1S/C8H15N3O3/c1-6(12)10-4-8(14)11(3)5-7(13)9-2/h4-5H2,1-3H3,(H,9,13)(H,10,12). The Morgan fingerprint density at radius 3 is 2.29 bits per heavy atom. The first kappa shape index (κ1) is 12.4. The van der Waals surface area contributed by atoms with Crippen LogP contribution in [0.1, 0.15) is 6.92 Å². The Hall–Kier alpha value is -1.59. The summed E-state index contributed by atoms with van der Waals surface area (Å²) in [7, 11) is 2.99. The van der Waals surface area contributed by atoms with Crippen molar-refractivity contribution in [1.29, 1.82) is 0 Å². The van der Waals surface area contributed by atoms with Gasteiger partial charge in [0, 0.05) is 21.0 Å². The molecule has 6 heteroatoms. The molecule has 0 fully saturated rings. The van der Waals surface area contributed by atoms with Crippen molar-refractivity contribution in [3.63, 3.8) is 0 Å². The summed E-state index contributed by atoms with van der Waals surface area (Å²) in [5.41, 5.74) is 0. The molecule has 0 aromatic carbocycles. The van der Waals surface area contributed by atoms with E-state index in [0.29, 0.717) is 0 Å². The van der Waals surface area contributed by atoms with E-state index < -0.39 is 0 Å². The summed E-state index contributed by atoms with van der Waals surface area (Å²) in [6, 6.07) is 0. The van der Waals surface area contributed by atoms with Crippen LogP contribution in [0.2, 0.25) is 0 Å². The van der Waals surface area contributed by atoms with Crippen molar-refractivity contribution in [1.82, 2.24) is 15.5 Å². The van der Waals surface area contributed by atoms with E-state index in [-0.39, 0.29) is 30.8 Å². The summed E-state index contributed by atoms with van der Waals surface area (Å²) in [5, 5.41) is 4.75. The van der Waals surface area contributed by atoms with Gasteiger partial charge in [-0.05, 0) is 0 Å². The molecule has 0 aromatic rings. The second-order valence-electron chi connectivity index (χ2n) is 2.83. The van der Waals surface area contributed by atoms with Gasteiger partial charge in [0.15, 0.2) is 0 Å². The molecular weight excluding hydrogens is 186 g/mol. The molecule has 0 aliphatic heterocycles. The molecular formula is C8H15N3O3. The fourth-order valence-electron chi connectivity index (χ4n) is 0.718. The zero-order valence-corrected chi connectivity index (χ0v) is 8.59. The van der Waals surface area contributed by atoms with Crippen LogP contribution < -0.4 is 10.6 Å². The molecule has 0 aliphatic carbocycles. The molecule has 14 heavy (non-hydrogen) atoms. The highest BCUT2D eigenvalue weighted by Gasteiger charge is 2.11. The van der Waals surface area contributed by atoms with E-state index in [1.54, 1.807) is 0 Å². The van der Waals surface area contributed by atoms with Crippen molar-refractivity contribution in [3.8, 4) is 0 Å². The highest BCUT2D eigenvalue weighted by atomic mass is 16.2. The lowest BCUT2D eigenvalue weighted by molar-refractivity contribution is -0.134. The van der Waals surface area contributed by atoms with E-state index in [9.17, 15) is 14.4 Å². The van der Waals surface area contributed by atoms with E-state index in [4.69, 9.17) is 0 Å². The maximum atomic E-state index is 11.2. The number of hydrogen-bond acceptors (Lipinski definition) is 3. The van der Waals surface area contributed by atoms with E-state index in [1.165, 1.54) is 25.9 Å². The molecule has 3 amide bonds. The lowest BCUT2D eigenvalue weighted by atomic mass is 10.4. The van der Waals surface area contributed by atoms with Crippen LogP contribution >= 0.6 is 0 Å². The van der Waals surface area contributed by atoms with Crippen LogP contribution in [-0.2, 0) is 14.4 Å². The van der Waals surface area contributed by atoms with Gasteiger partial charge in [0.2, 0.25) is 17.7 Å². The number of hydrogen-bond donors (Lipinski definition) is 2. The van der Waals surface area contributed by atoms with Crippen LogP contribution in [0.15, 0.2) is 0 Å². The first-order chi connectivity index (χ1) is 6.47. The van der Waals surface area contributed by atoms with Gasteiger partial charge in [-0.3, -0.25) is 14.4 Å². The van der Waals surface area contributed by atoms with E-state index >= 15 is 0 Å². The number of nitrogens with zero attached hydrogens (tertiary/aromatic N) is 1. The Bertz CT molecular complexity index is 240. The molecule has 0 radical (unpaired) electrons. The van der Waals surface area contributed by atoms with Gasteiger partial charge in [-0.2, -0.15) is 0 Å². The summed E-state index contributed by atoms with van der Waals surface area (Å²) in [6.07, 6.45) is 0. The predicted octanol–water partition coefficient (Wildman–Crippen LogP) is -1.67. The molecule has 0 aromatic heterocycles. The lowest BCUT2D eigenvalue weighted by Gasteiger charge is -2.15. The molecule has 0 saturated carbocycles. The quantitative estimate of drug-likeness (QED) is 0.570. The number of carbonyl (C=O) groups is 3. The molecule has 2 N–H and O–H groups in total. The molecule has 80 valence electrons. The number of carbonyl (C=O) groups excluding carboxylic acids is 3. The molecule has 0 bridgehead atoms. The Morgan fingerprint density at radius 1 is 1.29 bits per heavy atom. The van der Waals surface area contributed by atoms with Gasteiger partial charge < -0.3 is 15.5 Å². The van der Waals surface area contributed by atoms with Gasteiger partial charge in [-0.15, -0.1) is 0 Å². The van der Waals surface area contributed by atoms with Gasteiger partial charge in [-0.25, -0.2) is 0 Å². The normalized spacial score (nSPS) is 9.07. The van der Waals surface area contributed by atoms with Crippen molar-refractivity contribution >= 4 is 17.7 Å². The van der Waals surface area contributed by atoms with E-state index in [1.807, 2.05) is 0 Å². The highest BCUT2D eigenvalue weighted by molar-refractivity contribution is 5.87. The second kappa shape index (κ2) is 5.95. The molecule has 0 aliphatic rings. The van der Waals surface area contributed by atoms with Crippen molar-refractivity contribution in [3.05, 3.63) is 0 Å². The zero-order chi connectivity index (χ0) is 11.1. The summed E-state index contributed by atoms with van der Waals surface area (Å²) in [6.45, 7) is 1.24. The van der Waals surface area contributed by atoms with Crippen LogP contribution in [-0.4, -0.2) is 49.8 Å². The minimum absolute atomic E-state index is 0.00504. The predicted molar refractivity (Wildman–Crippen MR) is 50.4 cm³/mol. The van der Waals surface area contributed by atoms with Gasteiger partial charge in [0.1, 0.15) is 0 Å². The highest BCUT2D eigenvalue weighted by Crippen LogP contribution is 1.83. The SMILES string of the molecule is CNC(=O)CN(C)C(=O)CNC(C)=O. The molecule has 0 saturated heterocycles. The molecule has 0 rings (SSSR count). The van der Waals surface area contributed by atoms with E-state index in [2.05, 4.69) is 10.6 Å². The maximum absolute atomic E-state index is 11.2. The van der Waals surface area contributed by atoms with Gasteiger partial charge in [0.25, 0.3) is 0 Å². The average Bonchev–Trinajstić information content (AvgIpc) is 2.13. The maximum Gasteiger partial charge on any atom is 0.242 e. The van der Waals surface area contributed by atoms with E-state index in [0.717, 1.165) is 0 Å². The smallest absolute Gasteiger partial charge is 0.242 e. The van der Waals surface area contributed by atoms with Crippen LogP contribution in [0, 0.1) is 0 Å². The summed E-state index contributed by atoms with van der Waals surface area (Å²) >= 11 is 0. The summed E-state index contributed by atoms with van der Waals surface area (Å²) < 4.78 is 0. The molecule has 0 atom stereocenters. The lowest BCUT2D eigenvalue weighted by Crippen LogP contribution is -2.42. The first-order valence-electron chi connectivity index (χ1n) is 4.16. The second-order valence-corrected chi connectivity index (χ2v) is 2.83. The minimum atomic E-state index is -0.302. The minimum Gasteiger partial charge on any atom is -0.358 e. The van der Waals surface area contributed by atoms with Crippen LogP contribution in [0.3, 0.4) is 0 Å². The third-order valence-electron chi connectivity index (χ3n) is 1.57. The third kappa shape index (κ3) is 5.13. The van der Waals surface area contributed by atoms with Crippen molar-refractivity contribution in [2.75, 3.05) is 27.2 Å². The first-order valence-corrected chi connectivity index (χ1v) is 4.16. The number of nitrogens with one attached hydrogen (secondary N) is 2. The fourth-order valence-corrected chi connectivity index (χ4v) is 0.718. The Morgan fingerprint density at radius 2 is 1.86 bits per heavy atom. The Balaban J connectivity index is 3.87. The molecule has 6 nitrogen and oxygen atoms in total. The average molecular weight is 201 g/mol. The Labute approximate surface area is 82.6 Å². The topological polar surface area (TPSA) is 78.5 Å². The van der Waals surface area contributed by atoms with Gasteiger partial charge in [0.05, 0.1) is 13.1 Å². The largest absolute Gasteiger partial charge is 0.358 e. The van der Waals surface area contributed by atoms with Crippen molar-refractivity contribution in [2.24, 2.45) is 0 Å². The third-order valence-corrected chi connectivity index (χ3v) is 1.57. The Kier molecular flexibility index (Phi) is 5.28. The van der Waals surface area contributed by atoms with Gasteiger partial charge >= 0.3 is 0 Å². The number of likely N-dealkylation sites (N-methyl/N-ethyl adjacent to an activating group) is 2. The summed E-state index contributed by atoms with van der Waals surface area (Å²) in [4.78, 5) is 33.8. The van der Waals surface area contributed by atoms with Gasteiger partial charge in [-0.1, -0.05) is 0 Å². The van der Waals surface area contributed by atoms with Crippen LogP contribution in [0.25, 0.3) is 0 Å². The van der Waals surface area contributed by atoms with Crippen molar-refractivity contribution < 1.29 is 14.4 Å². The zero-order valence-electron chi connectivity index (χ0n) is 8.59. The monoisotopic (exact) mass is 201 g/mol. The van der Waals surface area contributed by atoms with Crippen LogP contribution in [0.5, 0.6) is 0 Å². The molecule has 0 heterocycles. The molecule has 0 unspecified atom stereocenters. The van der Waals surface area contributed by atoms with Crippen molar-refractivity contribution in [2.45, 2.75) is 6.92 Å². The fraction of sp³-hybridized carbons (Fsp3) is 0.625. The molecule has 0 spiro atoms. The summed E-state index contributed by atoms with van der Waals surface area (Å²) in [5.74, 6) is -0.820.